The maximum Gasteiger partial charge on any atom is 0.147 e. The van der Waals surface area contributed by atoms with Crippen molar-refractivity contribution in [2.24, 2.45) is 5.92 Å². The average molecular weight is 262 g/mol. The Hall–Kier alpha value is -0.900. The van der Waals surface area contributed by atoms with Gasteiger partial charge in [0.15, 0.2) is 0 Å². The van der Waals surface area contributed by atoms with Gasteiger partial charge in [-0.1, -0.05) is 26.2 Å². The Morgan fingerprint density at radius 1 is 1.11 bits per heavy atom. The third kappa shape index (κ3) is 2.99. The van der Waals surface area contributed by atoms with Gasteiger partial charge in [0.05, 0.1) is 6.54 Å². The van der Waals surface area contributed by atoms with Crippen molar-refractivity contribution in [2.45, 2.75) is 77.4 Å². The molecule has 2 atom stereocenters. The number of aryl methyl sites for hydroxylation is 1. The van der Waals surface area contributed by atoms with Crippen LogP contribution in [0.2, 0.25) is 0 Å². The van der Waals surface area contributed by atoms with Gasteiger partial charge in [-0.2, -0.15) is 0 Å². The van der Waals surface area contributed by atoms with Crippen LogP contribution in [0, 0.1) is 5.92 Å². The molecule has 0 spiro atoms. The van der Waals surface area contributed by atoms with Crippen LogP contribution >= 0.6 is 0 Å². The molecule has 1 N–H and O–H groups in total. The Bertz CT molecular complexity index is 412. The normalized spacial score (nSPS) is 27.8. The first-order valence-corrected chi connectivity index (χ1v) is 7.99. The molecule has 0 amide bonds. The molecule has 3 rings (SSSR count). The van der Waals surface area contributed by atoms with Gasteiger partial charge in [0.25, 0.3) is 0 Å². The van der Waals surface area contributed by atoms with E-state index in [1.807, 2.05) is 0 Å². The molecular weight excluding hydrogens is 236 g/mol. The van der Waals surface area contributed by atoms with Gasteiger partial charge in [0.1, 0.15) is 11.6 Å². The summed E-state index contributed by atoms with van der Waals surface area (Å²) < 4.78 is 2.33. The number of fused-ring (bicyclic) bond motifs is 1. The molecular formula is C15H26N4. The molecule has 1 aromatic heterocycles. The molecule has 106 valence electrons. The Morgan fingerprint density at radius 3 is 2.95 bits per heavy atom. The summed E-state index contributed by atoms with van der Waals surface area (Å²) >= 11 is 0. The lowest BCUT2D eigenvalue weighted by Crippen LogP contribution is -2.34. The van der Waals surface area contributed by atoms with Crippen LogP contribution in [-0.4, -0.2) is 20.8 Å². The first kappa shape index (κ1) is 13.1. The predicted octanol–water partition coefficient (Wildman–Crippen LogP) is 2.67. The Morgan fingerprint density at radius 2 is 2.00 bits per heavy atom. The lowest BCUT2D eigenvalue weighted by molar-refractivity contribution is 0.349. The highest BCUT2D eigenvalue weighted by Crippen LogP contribution is 2.23. The molecule has 0 radical (unpaired) electrons. The highest BCUT2D eigenvalue weighted by Gasteiger charge is 2.21. The third-order valence-corrected chi connectivity index (χ3v) is 4.82. The summed E-state index contributed by atoms with van der Waals surface area (Å²) in [4.78, 5) is 0. The van der Waals surface area contributed by atoms with Gasteiger partial charge in [0.2, 0.25) is 0 Å². The second-order valence-corrected chi connectivity index (χ2v) is 6.24. The lowest BCUT2D eigenvalue weighted by atomic mass is 9.97. The summed E-state index contributed by atoms with van der Waals surface area (Å²) in [5.74, 6) is 3.13. The number of hydrogen-bond acceptors (Lipinski definition) is 3. The van der Waals surface area contributed by atoms with Crippen molar-refractivity contribution in [3.63, 3.8) is 0 Å². The van der Waals surface area contributed by atoms with Gasteiger partial charge in [-0.15, -0.1) is 10.2 Å². The SMILES string of the molecule is CC1CCCCCC1NCc1nnc2n1CCCC2. The number of rotatable bonds is 3. The Balaban J connectivity index is 1.60. The van der Waals surface area contributed by atoms with Crippen LogP contribution in [0.15, 0.2) is 0 Å². The van der Waals surface area contributed by atoms with Crippen molar-refractivity contribution in [1.82, 2.24) is 20.1 Å². The Kier molecular flexibility index (Phi) is 4.16. The molecule has 1 saturated carbocycles. The monoisotopic (exact) mass is 262 g/mol. The van der Waals surface area contributed by atoms with Crippen LogP contribution < -0.4 is 5.32 Å². The van der Waals surface area contributed by atoms with Crippen molar-refractivity contribution < 1.29 is 0 Å². The summed E-state index contributed by atoms with van der Waals surface area (Å²) in [6.45, 7) is 4.39. The summed E-state index contributed by atoms with van der Waals surface area (Å²) in [7, 11) is 0. The fourth-order valence-electron chi connectivity index (χ4n) is 3.52. The molecule has 19 heavy (non-hydrogen) atoms. The zero-order chi connectivity index (χ0) is 13.1. The number of aromatic nitrogens is 3. The van der Waals surface area contributed by atoms with E-state index in [4.69, 9.17) is 0 Å². The lowest BCUT2D eigenvalue weighted by Gasteiger charge is -2.23. The quantitative estimate of drug-likeness (QED) is 0.852. The van der Waals surface area contributed by atoms with E-state index in [0.717, 1.165) is 31.3 Å². The maximum absolute atomic E-state index is 4.38. The second kappa shape index (κ2) is 6.04. The van der Waals surface area contributed by atoms with E-state index >= 15 is 0 Å². The number of hydrogen-bond donors (Lipinski definition) is 1. The molecule has 1 aliphatic heterocycles. The minimum atomic E-state index is 0.666. The van der Waals surface area contributed by atoms with Crippen LogP contribution in [0.5, 0.6) is 0 Å². The smallest absolute Gasteiger partial charge is 0.147 e. The van der Waals surface area contributed by atoms with E-state index in [2.05, 4.69) is 27.0 Å². The molecule has 0 bridgehead atoms. The molecule has 2 heterocycles. The number of nitrogens with one attached hydrogen (secondary N) is 1. The van der Waals surface area contributed by atoms with E-state index in [-0.39, 0.29) is 0 Å². The number of nitrogens with zero attached hydrogens (tertiary/aromatic N) is 3. The van der Waals surface area contributed by atoms with Gasteiger partial charge in [-0.05, 0) is 31.6 Å². The topological polar surface area (TPSA) is 42.7 Å². The van der Waals surface area contributed by atoms with Gasteiger partial charge >= 0.3 is 0 Å². The first-order valence-electron chi connectivity index (χ1n) is 7.99. The standard InChI is InChI=1S/C15H26N4/c1-12-7-3-2-4-8-13(12)16-11-15-18-17-14-9-5-6-10-19(14)15/h12-13,16H,2-11H2,1H3. The van der Waals surface area contributed by atoms with Crippen molar-refractivity contribution >= 4 is 0 Å². The summed E-state index contributed by atoms with van der Waals surface area (Å²) in [6, 6.07) is 0.666. The van der Waals surface area contributed by atoms with E-state index in [9.17, 15) is 0 Å². The van der Waals surface area contributed by atoms with Crippen LogP contribution in [0.3, 0.4) is 0 Å². The highest BCUT2D eigenvalue weighted by molar-refractivity contribution is 4.99. The molecule has 1 aromatic rings. The van der Waals surface area contributed by atoms with Crippen LogP contribution in [0.4, 0.5) is 0 Å². The van der Waals surface area contributed by atoms with E-state index < -0.39 is 0 Å². The largest absolute Gasteiger partial charge is 0.314 e. The van der Waals surface area contributed by atoms with Crippen molar-refractivity contribution in [1.29, 1.82) is 0 Å². The van der Waals surface area contributed by atoms with Crippen LogP contribution in [0.25, 0.3) is 0 Å². The maximum atomic E-state index is 4.38. The summed E-state index contributed by atoms with van der Waals surface area (Å²) in [5, 5.41) is 12.5. The van der Waals surface area contributed by atoms with Crippen molar-refractivity contribution in [3.05, 3.63) is 11.6 Å². The first-order chi connectivity index (χ1) is 9.34. The summed E-state index contributed by atoms with van der Waals surface area (Å²) in [6.07, 6.45) is 10.5. The average Bonchev–Trinajstić information content (AvgIpc) is 2.73. The molecule has 4 heteroatoms. The zero-order valence-electron chi connectivity index (χ0n) is 12.1. The molecule has 0 saturated heterocycles. The predicted molar refractivity (Wildman–Crippen MR) is 75.8 cm³/mol. The second-order valence-electron chi connectivity index (χ2n) is 6.24. The third-order valence-electron chi connectivity index (χ3n) is 4.82. The van der Waals surface area contributed by atoms with E-state index in [0.29, 0.717) is 6.04 Å². The fraction of sp³-hybridized carbons (Fsp3) is 0.867. The van der Waals surface area contributed by atoms with Gasteiger partial charge in [-0.25, -0.2) is 0 Å². The van der Waals surface area contributed by atoms with Crippen molar-refractivity contribution in [3.8, 4) is 0 Å². The molecule has 1 fully saturated rings. The minimum absolute atomic E-state index is 0.666. The zero-order valence-corrected chi connectivity index (χ0v) is 12.1. The minimum Gasteiger partial charge on any atom is -0.314 e. The molecule has 1 aliphatic carbocycles. The van der Waals surface area contributed by atoms with E-state index in [1.54, 1.807) is 0 Å². The molecule has 0 aromatic carbocycles. The fourth-order valence-corrected chi connectivity index (χ4v) is 3.52. The molecule has 2 unspecified atom stereocenters. The van der Waals surface area contributed by atoms with Gasteiger partial charge in [0, 0.05) is 19.0 Å². The van der Waals surface area contributed by atoms with Crippen LogP contribution in [-0.2, 0) is 19.5 Å². The van der Waals surface area contributed by atoms with Gasteiger partial charge < -0.3 is 9.88 Å². The molecule has 2 aliphatic rings. The Labute approximate surface area is 116 Å². The molecule has 4 nitrogen and oxygen atoms in total. The summed E-state index contributed by atoms with van der Waals surface area (Å²) in [5.41, 5.74) is 0. The van der Waals surface area contributed by atoms with Gasteiger partial charge in [-0.3, -0.25) is 0 Å². The van der Waals surface area contributed by atoms with E-state index in [1.165, 1.54) is 50.8 Å². The highest BCUT2D eigenvalue weighted by atomic mass is 15.3. The van der Waals surface area contributed by atoms with Crippen LogP contribution in [0.1, 0.15) is 63.5 Å². The van der Waals surface area contributed by atoms with Crippen molar-refractivity contribution in [2.75, 3.05) is 0 Å².